The van der Waals surface area contributed by atoms with Crippen molar-refractivity contribution in [1.29, 1.82) is 5.26 Å². The van der Waals surface area contributed by atoms with Gasteiger partial charge in [-0.05, 0) is 36.5 Å². The molecule has 8 nitrogen and oxygen atoms in total. The molecule has 1 aliphatic rings. The average Bonchev–Trinajstić information content (AvgIpc) is 3.41. The highest BCUT2D eigenvalue weighted by atomic mass is 32.2. The zero-order valence-corrected chi connectivity index (χ0v) is 18.4. The lowest BCUT2D eigenvalue weighted by Gasteiger charge is -2.21. The summed E-state index contributed by atoms with van der Waals surface area (Å²) in [7, 11) is -3.54. The maximum absolute atomic E-state index is 13.2. The van der Waals surface area contributed by atoms with Crippen LogP contribution < -0.4 is 5.32 Å². The Balaban J connectivity index is 1.86. The molecule has 1 amide bonds. The fourth-order valence-corrected chi connectivity index (χ4v) is 4.97. The molecule has 1 aromatic carbocycles. The van der Waals surface area contributed by atoms with E-state index in [9.17, 15) is 18.5 Å². The number of nitriles is 1. The third-order valence-electron chi connectivity index (χ3n) is 5.72. The van der Waals surface area contributed by atoms with Gasteiger partial charge in [-0.15, -0.1) is 0 Å². The smallest absolute Gasteiger partial charge is 0.233 e. The maximum atomic E-state index is 13.2. The highest BCUT2D eigenvalue weighted by molar-refractivity contribution is 7.90. The predicted octanol–water partition coefficient (Wildman–Crippen LogP) is 2.84. The third kappa shape index (κ3) is 5.93. The van der Waals surface area contributed by atoms with E-state index in [-0.39, 0.29) is 23.0 Å². The van der Waals surface area contributed by atoms with Gasteiger partial charge in [0.2, 0.25) is 5.91 Å². The van der Waals surface area contributed by atoms with Crippen molar-refractivity contribution in [3.63, 3.8) is 0 Å². The lowest BCUT2D eigenvalue weighted by Crippen LogP contribution is -2.24. The molecule has 2 N–H and O–H groups in total. The summed E-state index contributed by atoms with van der Waals surface area (Å²) < 4.78 is 25.6. The number of nitrogens with zero attached hydrogens (tertiary/aromatic N) is 3. The van der Waals surface area contributed by atoms with Crippen LogP contribution in [0, 0.1) is 17.2 Å². The van der Waals surface area contributed by atoms with Crippen LogP contribution in [0.15, 0.2) is 35.4 Å². The highest BCUT2D eigenvalue weighted by Gasteiger charge is 2.28. The molecule has 0 spiro atoms. The summed E-state index contributed by atoms with van der Waals surface area (Å²) in [4.78, 5) is 13.2. The summed E-state index contributed by atoms with van der Waals surface area (Å²) in [5, 5.41) is 25.6. The molecule has 31 heavy (non-hydrogen) atoms. The third-order valence-corrected chi connectivity index (χ3v) is 6.88. The number of aromatic nitrogens is 2. The molecule has 1 heterocycles. The maximum Gasteiger partial charge on any atom is 0.233 e. The Morgan fingerprint density at radius 1 is 1.35 bits per heavy atom. The molecule has 166 valence electrons. The Morgan fingerprint density at radius 3 is 2.74 bits per heavy atom. The fraction of sp³-hybridized carbons (Fsp3) is 0.500. The normalized spacial score (nSPS) is 15.5. The molecule has 2 aromatic rings. The minimum atomic E-state index is -3.54. The molecular weight excluding hydrogens is 416 g/mol. The standard InChI is InChI=1S/C22H28N4O4S/c1-31(29,30)20-8-7-17(14-18(20)15-23)19(13-16-5-2-3-6-16)22(28)24-21-9-11-26(25-21)10-4-12-27/h7-9,11,14,16,19,27H,2-6,10,12-13H2,1H3,(H,24,25,28). The number of aliphatic hydroxyl groups is 1. The zero-order chi connectivity index (χ0) is 22.4. The van der Waals surface area contributed by atoms with Crippen LogP contribution in [0.3, 0.4) is 0 Å². The van der Waals surface area contributed by atoms with Crippen molar-refractivity contribution in [3.05, 3.63) is 41.6 Å². The van der Waals surface area contributed by atoms with Crippen LogP contribution in [-0.4, -0.2) is 42.1 Å². The van der Waals surface area contributed by atoms with Crippen LogP contribution in [0.4, 0.5) is 5.82 Å². The number of amides is 1. The summed E-state index contributed by atoms with van der Waals surface area (Å²) in [6.45, 7) is 0.617. The van der Waals surface area contributed by atoms with Gasteiger partial charge in [0.1, 0.15) is 6.07 Å². The molecule has 0 aliphatic heterocycles. The summed E-state index contributed by atoms with van der Waals surface area (Å²) in [5.41, 5.74) is 0.686. The number of rotatable bonds is 9. The number of sulfone groups is 1. The second kappa shape index (κ2) is 10.1. The van der Waals surface area contributed by atoms with Crippen LogP contribution >= 0.6 is 0 Å². The van der Waals surface area contributed by atoms with Crippen LogP contribution in [0.2, 0.25) is 0 Å². The number of aryl methyl sites for hydroxylation is 1. The topological polar surface area (TPSA) is 125 Å². The second-order valence-corrected chi connectivity index (χ2v) is 10.1. The molecule has 9 heteroatoms. The van der Waals surface area contributed by atoms with Gasteiger partial charge in [-0.1, -0.05) is 31.7 Å². The zero-order valence-electron chi connectivity index (χ0n) is 17.6. The van der Waals surface area contributed by atoms with E-state index >= 15 is 0 Å². The van der Waals surface area contributed by atoms with Gasteiger partial charge in [0, 0.05) is 31.7 Å². The monoisotopic (exact) mass is 444 g/mol. The molecule has 3 rings (SSSR count). The number of carbonyl (C=O) groups is 1. The Bertz CT molecular complexity index is 1070. The number of carbonyl (C=O) groups excluding carboxylic acids is 1. The van der Waals surface area contributed by atoms with Gasteiger partial charge in [0.25, 0.3) is 0 Å². The summed E-state index contributed by atoms with van der Waals surface area (Å²) in [6.07, 6.45) is 8.43. The van der Waals surface area contributed by atoms with Crippen LogP contribution in [-0.2, 0) is 21.2 Å². The molecule has 1 atom stereocenters. The van der Waals surface area contributed by atoms with E-state index in [1.165, 1.54) is 12.1 Å². The van der Waals surface area contributed by atoms with Crippen molar-refractivity contribution in [2.75, 3.05) is 18.2 Å². The van der Waals surface area contributed by atoms with Crippen LogP contribution in [0.25, 0.3) is 0 Å². The first-order valence-electron chi connectivity index (χ1n) is 10.5. The molecule has 1 aromatic heterocycles. The average molecular weight is 445 g/mol. The van der Waals surface area contributed by atoms with Crippen molar-refractivity contribution in [1.82, 2.24) is 9.78 Å². The van der Waals surface area contributed by atoms with Crippen LogP contribution in [0.5, 0.6) is 0 Å². The van der Waals surface area contributed by atoms with Gasteiger partial charge in [0.15, 0.2) is 15.7 Å². The number of hydrogen-bond donors (Lipinski definition) is 2. The van der Waals surface area contributed by atoms with Crippen molar-refractivity contribution in [3.8, 4) is 6.07 Å². The summed E-state index contributed by atoms with van der Waals surface area (Å²) in [6, 6.07) is 8.24. The minimum absolute atomic E-state index is 0.0265. The van der Waals surface area contributed by atoms with Crippen LogP contribution in [0.1, 0.15) is 55.6 Å². The molecular formula is C22H28N4O4S. The van der Waals surface area contributed by atoms with Crippen molar-refractivity contribution in [2.24, 2.45) is 5.92 Å². The van der Waals surface area contributed by atoms with Gasteiger partial charge >= 0.3 is 0 Å². The highest BCUT2D eigenvalue weighted by Crippen LogP contribution is 2.35. The molecule has 0 bridgehead atoms. The van der Waals surface area contributed by atoms with E-state index in [1.807, 2.05) is 6.07 Å². The lowest BCUT2D eigenvalue weighted by atomic mass is 9.86. The predicted molar refractivity (Wildman–Crippen MR) is 116 cm³/mol. The molecule has 1 unspecified atom stereocenters. The van der Waals surface area contributed by atoms with Crippen molar-refractivity contribution < 1.29 is 18.3 Å². The molecule has 1 aliphatic carbocycles. The van der Waals surface area contributed by atoms with Gasteiger partial charge in [0.05, 0.1) is 16.4 Å². The molecule has 0 radical (unpaired) electrons. The van der Waals surface area contributed by atoms with E-state index in [0.29, 0.717) is 36.7 Å². The molecule has 1 saturated carbocycles. The number of aliphatic hydroxyl groups excluding tert-OH is 1. The van der Waals surface area contributed by atoms with E-state index < -0.39 is 15.8 Å². The second-order valence-electron chi connectivity index (χ2n) is 8.11. The Kier molecular flexibility index (Phi) is 7.46. The van der Waals surface area contributed by atoms with Gasteiger partial charge in [-0.2, -0.15) is 10.4 Å². The summed E-state index contributed by atoms with van der Waals surface area (Å²) >= 11 is 0. The quantitative estimate of drug-likeness (QED) is 0.613. The largest absolute Gasteiger partial charge is 0.396 e. The fourth-order valence-electron chi connectivity index (χ4n) is 4.15. The summed E-state index contributed by atoms with van der Waals surface area (Å²) in [5.74, 6) is 0.104. The van der Waals surface area contributed by atoms with E-state index in [0.717, 1.165) is 31.9 Å². The Hall–Kier alpha value is -2.70. The van der Waals surface area contributed by atoms with E-state index in [1.54, 1.807) is 23.0 Å². The van der Waals surface area contributed by atoms with E-state index in [2.05, 4.69) is 10.4 Å². The van der Waals surface area contributed by atoms with Gasteiger partial charge in [-0.25, -0.2) is 8.42 Å². The van der Waals surface area contributed by atoms with Gasteiger partial charge in [-0.3, -0.25) is 9.48 Å². The van der Waals surface area contributed by atoms with Crippen molar-refractivity contribution >= 4 is 21.6 Å². The molecule has 0 saturated heterocycles. The van der Waals surface area contributed by atoms with Crippen molar-refractivity contribution in [2.45, 2.75) is 55.9 Å². The Morgan fingerprint density at radius 2 is 2.10 bits per heavy atom. The molecule has 1 fully saturated rings. The number of anilines is 1. The Labute approximate surface area is 182 Å². The first-order chi connectivity index (χ1) is 14.8. The number of nitrogens with one attached hydrogen (secondary N) is 1. The van der Waals surface area contributed by atoms with Gasteiger partial charge < -0.3 is 10.4 Å². The minimum Gasteiger partial charge on any atom is -0.396 e. The number of benzene rings is 1. The first-order valence-corrected chi connectivity index (χ1v) is 12.4. The first kappa shape index (κ1) is 23.0. The lowest BCUT2D eigenvalue weighted by molar-refractivity contribution is -0.118. The number of hydrogen-bond acceptors (Lipinski definition) is 6. The SMILES string of the molecule is CS(=O)(=O)c1ccc(C(CC2CCCC2)C(=O)Nc2ccn(CCCO)n2)cc1C#N. The van der Waals surface area contributed by atoms with E-state index in [4.69, 9.17) is 5.11 Å².